The molecule has 7 N–H and O–H groups in total. The minimum absolute atomic E-state index is 0.0824. The molecule has 2 aromatic carbocycles. The first-order valence-electron chi connectivity index (χ1n) is 13.6. The number of nitrogens with two attached hydrogens (primary N) is 3. The van der Waals surface area contributed by atoms with Crippen molar-refractivity contribution in [2.45, 2.75) is 43.5 Å². The number of nitrogens with one attached hydrogen (secondary N) is 1. The molecule has 0 saturated heterocycles. The number of amides is 1. The number of carbonyl (C=O) groups excluding carboxylic acids is 2. The van der Waals surface area contributed by atoms with Gasteiger partial charge >= 0.3 is 0 Å². The lowest BCUT2D eigenvalue weighted by Gasteiger charge is -2.34. The molecule has 8 nitrogen and oxygen atoms in total. The number of aromatic nitrogens is 1. The van der Waals surface area contributed by atoms with Crippen molar-refractivity contribution in [3.8, 4) is 0 Å². The predicted octanol–water partition coefficient (Wildman–Crippen LogP) is 1.98. The van der Waals surface area contributed by atoms with E-state index < -0.39 is 12.1 Å². The molecule has 0 bridgehead atoms. The van der Waals surface area contributed by atoms with Crippen LogP contribution >= 0.6 is 12.6 Å². The van der Waals surface area contributed by atoms with Crippen LogP contribution in [0.3, 0.4) is 0 Å². The van der Waals surface area contributed by atoms with E-state index in [1.54, 1.807) is 6.20 Å². The first-order valence-corrected chi connectivity index (χ1v) is 14.2. The summed E-state index contributed by atoms with van der Waals surface area (Å²) in [4.78, 5) is 31.1. The van der Waals surface area contributed by atoms with Gasteiger partial charge in [0.05, 0.1) is 44.3 Å². The number of carbonyl (C=O) groups is 2. The van der Waals surface area contributed by atoms with Crippen molar-refractivity contribution in [1.29, 1.82) is 0 Å². The molecule has 1 amide bonds. The maximum Gasteiger partial charge on any atom is 0.237 e. The minimum atomic E-state index is -0.710. The van der Waals surface area contributed by atoms with Gasteiger partial charge in [0, 0.05) is 36.8 Å². The van der Waals surface area contributed by atoms with Gasteiger partial charge in [-0.15, -0.1) is 0 Å². The fourth-order valence-electron chi connectivity index (χ4n) is 4.86. The van der Waals surface area contributed by atoms with Gasteiger partial charge in [-0.1, -0.05) is 42.5 Å². The Balaban J connectivity index is 1.68. The summed E-state index contributed by atoms with van der Waals surface area (Å²) in [6, 6.07) is 16.3. The number of pyridine rings is 1. The molecule has 0 saturated carbocycles. The maximum absolute atomic E-state index is 13.5. The number of hydrogen-bond donors (Lipinski definition) is 5. The van der Waals surface area contributed by atoms with Crippen LogP contribution in [0, 0.1) is 0 Å². The van der Waals surface area contributed by atoms with Gasteiger partial charge in [-0.05, 0) is 48.1 Å². The Labute approximate surface area is 237 Å². The Hall–Kier alpha value is -2.82. The zero-order valence-corrected chi connectivity index (χ0v) is 23.8. The number of ketones is 1. The lowest BCUT2D eigenvalue weighted by Crippen LogP contribution is -2.52. The molecule has 0 aliphatic carbocycles. The normalized spacial score (nSPS) is 13.3. The van der Waals surface area contributed by atoms with Crippen molar-refractivity contribution in [3.05, 3.63) is 77.5 Å². The molecular weight excluding hydrogens is 508 g/mol. The highest BCUT2D eigenvalue weighted by atomic mass is 32.1. The third-order valence-electron chi connectivity index (χ3n) is 7.26. The summed E-state index contributed by atoms with van der Waals surface area (Å²) in [5.74, 6) is 0.238. The third kappa shape index (κ3) is 9.40. The fraction of sp³-hybridized carbons (Fsp3) is 0.433. The average molecular weight is 552 g/mol. The van der Waals surface area contributed by atoms with Crippen LogP contribution in [-0.4, -0.2) is 73.0 Å². The number of para-hydroxylation sites is 1. The van der Waals surface area contributed by atoms with Crippen LogP contribution < -0.4 is 22.5 Å². The smallest absolute Gasteiger partial charge is 0.237 e. The number of benzene rings is 2. The van der Waals surface area contributed by atoms with Gasteiger partial charge in [-0.2, -0.15) is 12.6 Å². The number of fused-ring (bicyclic) bond motifs is 1. The molecule has 0 aliphatic rings. The van der Waals surface area contributed by atoms with Crippen LogP contribution in [0.4, 0.5) is 0 Å². The van der Waals surface area contributed by atoms with Crippen LogP contribution in [-0.2, 0) is 28.2 Å². The summed E-state index contributed by atoms with van der Waals surface area (Å²) in [6.07, 6.45) is 3.55. The van der Waals surface area contributed by atoms with Crippen molar-refractivity contribution in [1.82, 2.24) is 10.3 Å². The van der Waals surface area contributed by atoms with Crippen LogP contribution in [0.1, 0.15) is 29.5 Å². The number of hydrogen-bond acceptors (Lipinski definition) is 7. The molecular formula is C30H43N6O2S+. The summed E-state index contributed by atoms with van der Waals surface area (Å²) < 4.78 is 0.754. The molecule has 1 heterocycles. The van der Waals surface area contributed by atoms with E-state index in [4.69, 9.17) is 17.2 Å². The molecule has 3 aromatic rings. The number of likely N-dealkylation sites (N-methyl/N-ethyl adjacent to an activating group) is 1. The van der Waals surface area contributed by atoms with Crippen molar-refractivity contribution in [2.75, 3.05) is 39.8 Å². The van der Waals surface area contributed by atoms with E-state index in [1.165, 1.54) is 0 Å². The number of quaternary nitrogens is 1. The van der Waals surface area contributed by atoms with E-state index in [0.717, 1.165) is 58.1 Å². The van der Waals surface area contributed by atoms with Gasteiger partial charge in [0.15, 0.2) is 5.78 Å². The van der Waals surface area contributed by atoms with E-state index in [-0.39, 0.29) is 18.1 Å². The summed E-state index contributed by atoms with van der Waals surface area (Å²) in [7, 11) is 2.13. The third-order valence-corrected chi connectivity index (χ3v) is 7.63. The molecule has 1 aromatic heterocycles. The first kappa shape index (κ1) is 30.7. The molecule has 0 unspecified atom stereocenters. The van der Waals surface area contributed by atoms with E-state index in [1.807, 2.05) is 54.6 Å². The minimum Gasteiger partial charge on any atom is -0.345 e. The number of thiol groups is 1. The highest BCUT2D eigenvalue weighted by molar-refractivity contribution is 7.79. The molecule has 210 valence electrons. The Morgan fingerprint density at radius 3 is 2.31 bits per heavy atom. The van der Waals surface area contributed by atoms with E-state index in [9.17, 15) is 9.59 Å². The van der Waals surface area contributed by atoms with Crippen molar-refractivity contribution in [3.63, 3.8) is 0 Å². The monoisotopic (exact) mass is 551 g/mol. The quantitative estimate of drug-likeness (QED) is 0.136. The number of rotatable bonds is 16. The molecule has 0 aliphatic heterocycles. The van der Waals surface area contributed by atoms with Gasteiger partial charge in [-0.25, -0.2) is 0 Å². The second kappa shape index (κ2) is 15.1. The Bertz CT molecular complexity index is 1210. The summed E-state index contributed by atoms with van der Waals surface area (Å²) >= 11 is 4.32. The molecule has 3 rings (SSSR count). The van der Waals surface area contributed by atoms with Crippen LogP contribution in [0.25, 0.3) is 10.9 Å². The standard InChI is InChI=1S/C30H42N6O2S/c1-36(15-12-31,16-13-32)14-4-6-26(33)30(38)35-28(18-22-8-10-23(21-39)11-9-22)29(37)19-24-17-25-5-2-3-7-27(25)34-20-24/h2-3,5,7-11,17,20,26,28H,4,6,12-16,18-19,21,31-33H2,1H3,(H-,35,38,39)/p+1/t26-,28+/m0/s1. The summed E-state index contributed by atoms with van der Waals surface area (Å²) in [6.45, 7) is 3.64. The Kier molecular flexibility index (Phi) is 11.9. The topological polar surface area (TPSA) is 137 Å². The summed E-state index contributed by atoms with van der Waals surface area (Å²) in [5, 5.41) is 3.93. The maximum atomic E-state index is 13.5. The number of nitrogens with zero attached hydrogens (tertiary/aromatic N) is 2. The second-order valence-corrected chi connectivity index (χ2v) is 10.9. The highest BCUT2D eigenvalue weighted by Gasteiger charge is 2.26. The van der Waals surface area contributed by atoms with Crippen LogP contribution in [0.5, 0.6) is 0 Å². The predicted molar refractivity (Wildman–Crippen MR) is 161 cm³/mol. The van der Waals surface area contributed by atoms with Crippen LogP contribution in [0.15, 0.2) is 60.8 Å². The summed E-state index contributed by atoms with van der Waals surface area (Å²) in [5.41, 5.74) is 21.6. The molecule has 39 heavy (non-hydrogen) atoms. The highest BCUT2D eigenvalue weighted by Crippen LogP contribution is 2.15. The molecule has 2 atom stereocenters. The van der Waals surface area contributed by atoms with E-state index in [0.29, 0.717) is 31.7 Å². The second-order valence-electron chi connectivity index (χ2n) is 10.5. The zero-order chi connectivity index (χ0) is 28.3. The van der Waals surface area contributed by atoms with Crippen molar-refractivity contribution in [2.24, 2.45) is 17.2 Å². The van der Waals surface area contributed by atoms with Crippen LogP contribution in [0.2, 0.25) is 0 Å². The largest absolute Gasteiger partial charge is 0.345 e. The van der Waals surface area contributed by atoms with Gasteiger partial charge < -0.3 is 27.0 Å². The van der Waals surface area contributed by atoms with Gasteiger partial charge in [-0.3, -0.25) is 14.6 Å². The lowest BCUT2D eigenvalue weighted by molar-refractivity contribution is -0.907. The van der Waals surface area contributed by atoms with Crippen molar-refractivity contribution < 1.29 is 14.1 Å². The fourth-order valence-corrected chi connectivity index (χ4v) is 5.07. The molecule has 0 radical (unpaired) electrons. The molecule has 9 heteroatoms. The Morgan fingerprint density at radius 1 is 0.974 bits per heavy atom. The SMILES string of the molecule is C[N+](CCN)(CCN)CCC[C@H](N)C(=O)N[C@H](Cc1ccc(CS)cc1)C(=O)Cc1cnc2ccccc2c1. The lowest BCUT2D eigenvalue weighted by atomic mass is 9.96. The molecule has 0 fully saturated rings. The Morgan fingerprint density at radius 2 is 1.64 bits per heavy atom. The van der Waals surface area contributed by atoms with Gasteiger partial charge in [0.1, 0.15) is 0 Å². The van der Waals surface area contributed by atoms with Crippen molar-refractivity contribution >= 4 is 35.2 Å². The van der Waals surface area contributed by atoms with E-state index >= 15 is 0 Å². The van der Waals surface area contributed by atoms with Gasteiger partial charge in [0.25, 0.3) is 0 Å². The number of Topliss-reactive ketones (excluding diaryl/α,β-unsaturated/α-hetero) is 1. The average Bonchev–Trinajstić information content (AvgIpc) is 2.93. The first-order chi connectivity index (χ1) is 18.8. The van der Waals surface area contributed by atoms with E-state index in [2.05, 4.69) is 30.0 Å². The molecule has 0 spiro atoms. The van der Waals surface area contributed by atoms with Gasteiger partial charge in [0.2, 0.25) is 5.91 Å². The zero-order valence-electron chi connectivity index (χ0n) is 22.9.